The molecule has 1 unspecified atom stereocenters. The summed E-state index contributed by atoms with van der Waals surface area (Å²) >= 11 is 0. The van der Waals surface area contributed by atoms with E-state index in [1.54, 1.807) is 13.8 Å². The first-order valence-electron chi connectivity index (χ1n) is 11.7. The van der Waals surface area contributed by atoms with Crippen LogP contribution in [0.4, 0.5) is 4.79 Å². The van der Waals surface area contributed by atoms with Crippen molar-refractivity contribution < 1.29 is 24.2 Å². The van der Waals surface area contributed by atoms with Gasteiger partial charge in [0.2, 0.25) is 5.91 Å². The Morgan fingerprint density at radius 3 is 2.09 bits per heavy atom. The van der Waals surface area contributed by atoms with E-state index in [9.17, 15) is 14.4 Å². The Hall–Kier alpha value is -3.35. The summed E-state index contributed by atoms with van der Waals surface area (Å²) in [6, 6.07) is 15.8. The highest BCUT2D eigenvalue weighted by molar-refractivity contribution is 5.83. The summed E-state index contributed by atoms with van der Waals surface area (Å²) in [5, 5.41) is 14.5. The molecule has 182 valence electrons. The molecule has 2 aromatic rings. The fraction of sp³-hybridized carbons (Fsp3) is 0.444. The Morgan fingerprint density at radius 1 is 1.00 bits per heavy atom. The van der Waals surface area contributed by atoms with Gasteiger partial charge in [0, 0.05) is 24.9 Å². The van der Waals surface area contributed by atoms with E-state index in [2.05, 4.69) is 34.9 Å². The SMILES string of the molecule is CC(C)C(NC(=O)OCC1c2ccccc2-c2ccccc21)C(C)(C)C(=O)NCCCC(=O)O. The molecule has 0 aliphatic heterocycles. The Kier molecular flexibility index (Phi) is 7.97. The molecule has 2 aromatic carbocycles. The van der Waals surface area contributed by atoms with Gasteiger partial charge in [0.25, 0.3) is 0 Å². The van der Waals surface area contributed by atoms with E-state index in [1.165, 1.54) is 0 Å². The van der Waals surface area contributed by atoms with E-state index in [4.69, 9.17) is 9.84 Å². The van der Waals surface area contributed by atoms with Gasteiger partial charge < -0.3 is 20.5 Å². The first-order chi connectivity index (χ1) is 16.1. The molecule has 2 amide bonds. The predicted octanol–water partition coefficient (Wildman–Crippen LogP) is 4.56. The van der Waals surface area contributed by atoms with Crippen LogP contribution >= 0.6 is 0 Å². The number of benzene rings is 2. The normalized spacial score (nSPS) is 13.7. The van der Waals surface area contributed by atoms with E-state index >= 15 is 0 Å². The standard InChI is InChI=1S/C27H34N2O5/c1-17(2)24(27(3,4)25(32)28-15-9-14-23(30)31)29-26(33)34-16-22-20-12-7-5-10-18(20)19-11-6-8-13-21(19)22/h5-8,10-13,17,22,24H,9,14-16H2,1-4H3,(H,28,32)(H,29,33)(H,30,31). The molecule has 0 heterocycles. The van der Waals surface area contributed by atoms with Crippen LogP contribution < -0.4 is 10.6 Å². The Bertz CT molecular complexity index is 1000. The maximum atomic E-state index is 12.8. The van der Waals surface area contributed by atoms with E-state index in [0.717, 1.165) is 22.3 Å². The number of nitrogens with one attached hydrogen (secondary N) is 2. The van der Waals surface area contributed by atoms with Gasteiger partial charge in [-0.3, -0.25) is 9.59 Å². The van der Waals surface area contributed by atoms with Gasteiger partial charge in [-0.1, -0.05) is 62.4 Å². The molecule has 0 saturated heterocycles. The van der Waals surface area contributed by atoms with Crippen molar-refractivity contribution in [3.05, 3.63) is 59.7 Å². The lowest BCUT2D eigenvalue weighted by Crippen LogP contribution is -2.55. The molecule has 0 fully saturated rings. The summed E-state index contributed by atoms with van der Waals surface area (Å²) in [5.41, 5.74) is 3.68. The van der Waals surface area contributed by atoms with Gasteiger partial charge in [0.1, 0.15) is 6.61 Å². The highest BCUT2D eigenvalue weighted by Gasteiger charge is 2.40. The lowest BCUT2D eigenvalue weighted by atomic mass is 9.77. The molecular formula is C27H34N2O5. The first-order valence-corrected chi connectivity index (χ1v) is 11.7. The molecule has 0 bridgehead atoms. The van der Waals surface area contributed by atoms with Crippen LogP contribution in [-0.4, -0.2) is 42.3 Å². The molecule has 0 saturated carbocycles. The van der Waals surface area contributed by atoms with Crippen molar-refractivity contribution >= 4 is 18.0 Å². The zero-order chi connectivity index (χ0) is 24.9. The van der Waals surface area contributed by atoms with Gasteiger partial charge in [-0.05, 0) is 48.4 Å². The topological polar surface area (TPSA) is 105 Å². The van der Waals surface area contributed by atoms with Crippen molar-refractivity contribution in [3.63, 3.8) is 0 Å². The van der Waals surface area contributed by atoms with Crippen LogP contribution in [0, 0.1) is 11.3 Å². The van der Waals surface area contributed by atoms with Crippen LogP contribution in [0.15, 0.2) is 48.5 Å². The summed E-state index contributed by atoms with van der Waals surface area (Å²) in [4.78, 5) is 36.3. The number of carboxylic acids is 1. The van der Waals surface area contributed by atoms with Gasteiger partial charge in [-0.25, -0.2) is 4.79 Å². The van der Waals surface area contributed by atoms with Crippen LogP contribution in [0.1, 0.15) is 57.6 Å². The number of carbonyl (C=O) groups excluding carboxylic acids is 2. The summed E-state index contributed by atoms with van der Waals surface area (Å²) in [7, 11) is 0. The van der Waals surface area contributed by atoms with Crippen LogP contribution in [0.3, 0.4) is 0 Å². The number of alkyl carbamates (subject to hydrolysis) is 1. The molecule has 0 radical (unpaired) electrons. The number of carboxylic acid groups (broad SMARTS) is 1. The van der Waals surface area contributed by atoms with Crippen LogP contribution in [0.2, 0.25) is 0 Å². The number of hydrogen-bond donors (Lipinski definition) is 3. The summed E-state index contributed by atoms with van der Waals surface area (Å²) < 4.78 is 5.67. The number of carbonyl (C=O) groups is 3. The molecule has 0 spiro atoms. The second-order valence-corrected chi connectivity index (χ2v) is 9.67. The third-order valence-corrected chi connectivity index (χ3v) is 6.50. The largest absolute Gasteiger partial charge is 0.481 e. The molecule has 1 atom stereocenters. The third-order valence-electron chi connectivity index (χ3n) is 6.50. The van der Waals surface area contributed by atoms with E-state index in [1.807, 2.05) is 38.1 Å². The maximum absolute atomic E-state index is 12.8. The minimum atomic E-state index is -0.914. The Labute approximate surface area is 200 Å². The number of aliphatic carboxylic acids is 1. The van der Waals surface area contributed by atoms with E-state index in [0.29, 0.717) is 6.42 Å². The third kappa shape index (κ3) is 5.58. The van der Waals surface area contributed by atoms with Gasteiger partial charge in [0.05, 0.1) is 5.41 Å². The smallest absolute Gasteiger partial charge is 0.407 e. The van der Waals surface area contributed by atoms with Gasteiger partial charge in [0.15, 0.2) is 0 Å². The lowest BCUT2D eigenvalue weighted by molar-refractivity contribution is -0.137. The van der Waals surface area contributed by atoms with E-state index < -0.39 is 23.5 Å². The second-order valence-electron chi connectivity index (χ2n) is 9.67. The van der Waals surface area contributed by atoms with Crippen LogP contribution in [0.5, 0.6) is 0 Å². The zero-order valence-electron chi connectivity index (χ0n) is 20.3. The molecule has 1 aliphatic rings. The minimum absolute atomic E-state index is 0.00762. The zero-order valence-corrected chi connectivity index (χ0v) is 20.3. The average Bonchev–Trinajstić information content (AvgIpc) is 3.12. The monoisotopic (exact) mass is 466 g/mol. The van der Waals surface area contributed by atoms with Gasteiger partial charge in [-0.15, -0.1) is 0 Å². The number of ether oxygens (including phenoxy) is 1. The molecule has 7 nitrogen and oxygen atoms in total. The molecule has 3 rings (SSSR count). The van der Waals surface area contributed by atoms with Crippen molar-refractivity contribution in [2.45, 2.75) is 52.5 Å². The summed E-state index contributed by atoms with van der Waals surface area (Å²) in [5.74, 6) is -1.21. The molecule has 34 heavy (non-hydrogen) atoms. The minimum Gasteiger partial charge on any atom is -0.481 e. The summed E-state index contributed by atoms with van der Waals surface area (Å²) in [6.07, 6.45) is -0.220. The highest BCUT2D eigenvalue weighted by atomic mass is 16.5. The summed E-state index contributed by atoms with van der Waals surface area (Å²) in [6.45, 7) is 7.89. The van der Waals surface area contributed by atoms with Crippen LogP contribution in [-0.2, 0) is 14.3 Å². The van der Waals surface area contributed by atoms with Crippen molar-refractivity contribution in [3.8, 4) is 11.1 Å². The quantitative estimate of drug-likeness (QED) is 0.445. The molecule has 0 aromatic heterocycles. The van der Waals surface area contributed by atoms with Crippen molar-refractivity contribution in [1.29, 1.82) is 0 Å². The lowest BCUT2D eigenvalue weighted by Gasteiger charge is -2.36. The van der Waals surface area contributed by atoms with Crippen molar-refractivity contribution in [1.82, 2.24) is 10.6 Å². The van der Waals surface area contributed by atoms with Crippen molar-refractivity contribution in [2.24, 2.45) is 11.3 Å². The van der Waals surface area contributed by atoms with E-state index in [-0.39, 0.29) is 37.3 Å². The molecule has 7 heteroatoms. The highest BCUT2D eigenvalue weighted by Crippen LogP contribution is 2.44. The molecular weight excluding hydrogens is 432 g/mol. The molecule has 3 N–H and O–H groups in total. The fourth-order valence-electron chi connectivity index (χ4n) is 4.76. The first kappa shape index (κ1) is 25.3. The number of rotatable bonds is 10. The Morgan fingerprint density at radius 2 is 1.56 bits per heavy atom. The van der Waals surface area contributed by atoms with Crippen LogP contribution in [0.25, 0.3) is 11.1 Å². The Balaban J connectivity index is 1.63. The fourth-order valence-corrected chi connectivity index (χ4v) is 4.76. The molecule has 1 aliphatic carbocycles. The number of fused-ring (bicyclic) bond motifs is 3. The predicted molar refractivity (Wildman–Crippen MR) is 130 cm³/mol. The second kappa shape index (κ2) is 10.7. The maximum Gasteiger partial charge on any atom is 0.407 e. The number of hydrogen-bond acceptors (Lipinski definition) is 4. The van der Waals surface area contributed by atoms with Gasteiger partial charge >= 0.3 is 12.1 Å². The van der Waals surface area contributed by atoms with Crippen molar-refractivity contribution in [2.75, 3.05) is 13.2 Å². The number of amides is 2. The average molecular weight is 467 g/mol. The van der Waals surface area contributed by atoms with Gasteiger partial charge in [-0.2, -0.15) is 0 Å².